The molecule has 0 bridgehead atoms. The van der Waals surface area contributed by atoms with Crippen molar-refractivity contribution in [2.75, 3.05) is 18.8 Å². The third kappa shape index (κ3) is 5.55. The predicted octanol–water partition coefficient (Wildman–Crippen LogP) is 1.31. The fourth-order valence-electron chi connectivity index (χ4n) is 1.91. The molecule has 8 heteroatoms. The molecule has 22 heavy (non-hydrogen) atoms. The maximum absolute atomic E-state index is 11.0. The molecular formula is C14H21Cl2N5O. The van der Waals surface area contributed by atoms with E-state index in [1.807, 2.05) is 36.4 Å². The molecule has 0 aliphatic heterocycles. The Hall–Kier alpha value is -1.76. The molecule has 2 rings (SSSR count). The summed E-state index contributed by atoms with van der Waals surface area (Å²) in [6, 6.07) is 11.6. The van der Waals surface area contributed by atoms with Crippen LogP contribution in [-0.2, 0) is 11.2 Å². The van der Waals surface area contributed by atoms with Crippen molar-refractivity contribution in [3.63, 3.8) is 0 Å². The summed E-state index contributed by atoms with van der Waals surface area (Å²) >= 11 is 0. The van der Waals surface area contributed by atoms with Crippen LogP contribution in [0.25, 0.3) is 5.69 Å². The summed E-state index contributed by atoms with van der Waals surface area (Å²) in [6.45, 7) is 0.615. The molecule has 2 aromatic rings. The van der Waals surface area contributed by atoms with Crippen LogP contribution in [0.3, 0.4) is 0 Å². The number of nitrogens with two attached hydrogens (primary N) is 2. The zero-order valence-electron chi connectivity index (χ0n) is 12.1. The number of hydrogen-bond donors (Lipinski definition) is 3. The zero-order valence-corrected chi connectivity index (χ0v) is 13.7. The second kappa shape index (κ2) is 10.0. The summed E-state index contributed by atoms with van der Waals surface area (Å²) < 4.78 is 1.72. The minimum absolute atomic E-state index is 0. The Morgan fingerprint density at radius 2 is 1.91 bits per heavy atom. The first-order valence-corrected chi connectivity index (χ1v) is 6.57. The van der Waals surface area contributed by atoms with Crippen molar-refractivity contribution in [2.24, 2.45) is 5.73 Å². The number of hydrogen-bond acceptors (Lipinski definition) is 4. The number of nitrogen functional groups attached to an aromatic ring is 1. The summed E-state index contributed by atoms with van der Waals surface area (Å²) in [7, 11) is 0. The SMILES string of the molecule is Cl.Cl.NCC(=O)NCCCc1cc(N)n(-c2ccccc2)n1. The van der Waals surface area contributed by atoms with Crippen LogP contribution in [-0.4, -0.2) is 28.8 Å². The van der Waals surface area contributed by atoms with Gasteiger partial charge in [-0.2, -0.15) is 5.10 Å². The molecule has 0 fully saturated rings. The van der Waals surface area contributed by atoms with E-state index in [-0.39, 0.29) is 37.3 Å². The van der Waals surface area contributed by atoms with Gasteiger partial charge < -0.3 is 16.8 Å². The molecule has 0 unspecified atom stereocenters. The van der Waals surface area contributed by atoms with Crippen molar-refractivity contribution in [3.8, 4) is 5.69 Å². The third-order valence-electron chi connectivity index (χ3n) is 2.91. The van der Waals surface area contributed by atoms with Crippen molar-refractivity contribution in [3.05, 3.63) is 42.1 Å². The molecule has 0 saturated heterocycles. The molecule has 0 spiro atoms. The van der Waals surface area contributed by atoms with Gasteiger partial charge in [0.15, 0.2) is 0 Å². The second-order valence-electron chi connectivity index (χ2n) is 4.47. The van der Waals surface area contributed by atoms with Gasteiger partial charge in [-0.1, -0.05) is 18.2 Å². The van der Waals surface area contributed by atoms with Gasteiger partial charge in [-0.05, 0) is 25.0 Å². The van der Waals surface area contributed by atoms with Crippen LogP contribution in [0.4, 0.5) is 5.82 Å². The van der Waals surface area contributed by atoms with Gasteiger partial charge in [0.1, 0.15) is 5.82 Å². The normalized spacial score (nSPS) is 9.50. The quantitative estimate of drug-likeness (QED) is 0.687. The van der Waals surface area contributed by atoms with Gasteiger partial charge in [-0.25, -0.2) is 4.68 Å². The van der Waals surface area contributed by atoms with Crippen LogP contribution < -0.4 is 16.8 Å². The van der Waals surface area contributed by atoms with E-state index >= 15 is 0 Å². The van der Waals surface area contributed by atoms with Crippen LogP contribution >= 0.6 is 24.8 Å². The fourth-order valence-corrected chi connectivity index (χ4v) is 1.91. The van der Waals surface area contributed by atoms with E-state index in [2.05, 4.69) is 10.4 Å². The number of rotatable bonds is 6. The Labute approximate surface area is 142 Å². The lowest BCUT2D eigenvalue weighted by Gasteiger charge is -2.03. The molecule has 1 amide bonds. The Bertz CT molecular complexity index is 574. The lowest BCUT2D eigenvalue weighted by molar-refractivity contribution is -0.119. The van der Waals surface area contributed by atoms with E-state index in [9.17, 15) is 4.79 Å². The number of aromatic nitrogens is 2. The highest BCUT2D eigenvalue weighted by Gasteiger charge is 2.06. The number of para-hydroxylation sites is 1. The molecule has 0 atom stereocenters. The van der Waals surface area contributed by atoms with Crippen LogP contribution in [0.1, 0.15) is 12.1 Å². The Balaban J connectivity index is 0.00000220. The van der Waals surface area contributed by atoms with Gasteiger partial charge in [-0.15, -0.1) is 24.8 Å². The molecule has 1 aromatic carbocycles. The van der Waals surface area contributed by atoms with Crippen molar-refractivity contribution < 1.29 is 4.79 Å². The number of amides is 1. The molecule has 0 saturated carbocycles. The van der Waals surface area contributed by atoms with Gasteiger partial charge in [0.2, 0.25) is 5.91 Å². The van der Waals surface area contributed by atoms with E-state index < -0.39 is 0 Å². The van der Waals surface area contributed by atoms with E-state index in [4.69, 9.17) is 11.5 Å². The Morgan fingerprint density at radius 1 is 1.23 bits per heavy atom. The Morgan fingerprint density at radius 3 is 2.55 bits per heavy atom. The van der Waals surface area contributed by atoms with Gasteiger partial charge >= 0.3 is 0 Å². The van der Waals surface area contributed by atoms with E-state index in [0.717, 1.165) is 24.2 Å². The lowest BCUT2D eigenvalue weighted by atomic mass is 10.2. The van der Waals surface area contributed by atoms with Crippen LogP contribution in [0.5, 0.6) is 0 Å². The van der Waals surface area contributed by atoms with Gasteiger partial charge in [0, 0.05) is 12.6 Å². The first kappa shape index (κ1) is 20.2. The van der Waals surface area contributed by atoms with Crippen molar-refractivity contribution >= 4 is 36.5 Å². The maximum atomic E-state index is 11.0. The van der Waals surface area contributed by atoms with Crippen molar-refractivity contribution in [1.82, 2.24) is 15.1 Å². The minimum Gasteiger partial charge on any atom is -0.384 e. The monoisotopic (exact) mass is 345 g/mol. The average Bonchev–Trinajstić information content (AvgIpc) is 2.85. The van der Waals surface area contributed by atoms with Crippen LogP contribution in [0.2, 0.25) is 0 Å². The summed E-state index contributed by atoms with van der Waals surface area (Å²) in [5.41, 5.74) is 13.0. The highest BCUT2D eigenvalue weighted by Crippen LogP contribution is 2.14. The molecule has 6 nitrogen and oxygen atoms in total. The third-order valence-corrected chi connectivity index (χ3v) is 2.91. The molecule has 1 aromatic heterocycles. The minimum atomic E-state index is -0.140. The topological polar surface area (TPSA) is 99.0 Å². The average molecular weight is 346 g/mol. The molecular weight excluding hydrogens is 325 g/mol. The summed E-state index contributed by atoms with van der Waals surface area (Å²) in [5.74, 6) is 0.469. The van der Waals surface area contributed by atoms with Crippen LogP contribution in [0.15, 0.2) is 36.4 Å². The highest BCUT2D eigenvalue weighted by atomic mass is 35.5. The number of halogens is 2. The maximum Gasteiger partial charge on any atom is 0.233 e. The number of nitrogens with zero attached hydrogens (tertiary/aromatic N) is 2. The molecule has 0 aliphatic carbocycles. The summed E-state index contributed by atoms with van der Waals surface area (Å²) in [6.07, 6.45) is 1.56. The first-order chi connectivity index (χ1) is 9.70. The lowest BCUT2D eigenvalue weighted by Crippen LogP contribution is -2.31. The molecule has 5 N–H and O–H groups in total. The highest BCUT2D eigenvalue weighted by molar-refractivity contribution is 5.85. The van der Waals surface area contributed by atoms with E-state index in [1.165, 1.54) is 0 Å². The van der Waals surface area contributed by atoms with Gasteiger partial charge in [-0.3, -0.25) is 4.79 Å². The molecule has 122 valence electrons. The molecule has 1 heterocycles. The number of nitrogens with one attached hydrogen (secondary N) is 1. The smallest absolute Gasteiger partial charge is 0.233 e. The number of carbonyl (C=O) groups excluding carboxylic acids is 1. The summed E-state index contributed by atoms with van der Waals surface area (Å²) in [4.78, 5) is 11.0. The second-order valence-corrected chi connectivity index (χ2v) is 4.47. The van der Waals surface area contributed by atoms with Crippen molar-refractivity contribution in [2.45, 2.75) is 12.8 Å². The van der Waals surface area contributed by atoms with E-state index in [1.54, 1.807) is 4.68 Å². The van der Waals surface area contributed by atoms with E-state index in [0.29, 0.717) is 12.4 Å². The first-order valence-electron chi connectivity index (χ1n) is 6.57. The number of benzene rings is 1. The van der Waals surface area contributed by atoms with Crippen molar-refractivity contribution in [1.29, 1.82) is 0 Å². The zero-order chi connectivity index (χ0) is 14.4. The standard InChI is InChI=1S/C14H19N5O.2ClH/c15-10-14(20)17-8-4-5-11-9-13(16)19(18-11)12-6-2-1-3-7-12;;/h1-3,6-7,9H,4-5,8,10,15-16H2,(H,17,20);2*1H. The largest absolute Gasteiger partial charge is 0.384 e. The predicted molar refractivity (Wildman–Crippen MR) is 92.9 cm³/mol. The van der Waals surface area contributed by atoms with Crippen LogP contribution in [0, 0.1) is 0 Å². The molecule has 0 aliphatic rings. The number of aryl methyl sites for hydroxylation is 1. The number of anilines is 1. The fraction of sp³-hybridized carbons (Fsp3) is 0.286. The van der Waals surface area contributed by atoms with Gasteiger partial charge in [0.05, 0.1) is 17.9 Å². The Kier molecular flexibility index (Phi) is 9.24. The molecule has 0 radical (unpaired) electrons. The number of carbonyl (C=O) groups is 1. The summed E-state index contributed by atoms with van der Waals surface area (Å²) in [5, 5.41) is 7.20. The van der Waals surface area contributed by atoms with Gasteiger partial charge in [0.25, 0.3) is 0 Å².